The van der Waals surface area contributed by atoms with Crippen molar-refractivity contribution in [3.63, 3.8) is 0 Å². The molecular weight excluding hydrogens is 278 g/mol. The lowest BCUT2D eigenvalue weighted by Gasteiger charge is -2.11. The summed E-state index contributed by atoms with van der Waals surface area (Å²) in [5.41, 5.74) is 7.99. The van der Waals surface area contributed by atoms with Crippen molar-refractivity contribution in [2.24, 2.45) is 0 Å². The zero-order chi connectivity index (χ0) is 13.2. The molecule has 4 heteroatoms. The summed E-state index contributed by atoms with van der Waals surface area (Å²) in [4.78, 5) is 1.02. The van der Waals surface area contributed by atoms with E-state index in [0.717, 1.165) is 28.5 Å². The molecule has 2 aromatic carbocycles. The first-order valence-corrected chi connectivity index (χ1v) is 7.51. The van der Waals surface area contributed by atoms with Gasteiger partial charge in [0, 0.05) is 27.8 Å². The standard InChI is InChI=1S/C15H14ClNOS/c16-11-5-6-13(17)15(8-11)19-9-12-7-10-3-1-2-4-14(10)18-12/h1-6,8,12H,7,9,17H2. The van der Waals surface area contributed by atoms with Gasteiger partial charge in [-0.2, -0.15) is 0 Å². The molecule has 0 amide bonds. The summed E-state index contributed by atoms with van der Waals surface area (Å²) in [6.45, 7) is 0. The molecule has 1 aliphatic heterocycles. The second-order valence-electron chi connectivity index (χ2n) is 4.54. The molecule has 1 aliphatic rings. The Balaban J connectivity index is 1.64. The summed E-state index contributed by atoms with van der Waals surface area (Å²) in [6.07, 6.45) is 1.17. The van der Waals surface area contributed by atoms with Crippen LogP contribution in [-0.2, 0) is 6.42 Å². The molecule has 0 saturated carbocycles. The summed E-state index contributed by atoms with van der Waals surface area (Å²) < 4.78 is 5.90. The number of benzene rings is 2. The minimum absolute atomic E-state index is 0.209. The van der Waals surface area contributed by atoms with E-state index in [0.29, 0.717) is 5.02 Å². The Morgan fingerprint density at radius 1 is 1.26 bits per heavy atom. The molecule has 0 aromatic heterocycles. The molecule has 2 aromatic rings. The van der Waals surface area contributed by atoms with E-state index in [1.807, 2.05) is 36.4 Å². The smallest absolute Gasteiger partial charge is 0.123 e. The average molecular weight is 292 g/mol. The lowest BCUT2D eigenvalue weighted by atomic mass is 10.1. The van der Waals surface area contributed by atoms with Gasteiger partial charge in [0.1, 0.15) is 11.9 Å². The van der Waals surface area contributed by atoms with Gasteiger partial charge in [0.2, 0.25) is 0 Å². The average Bonchev–Trinajstić information content (AvgIpc) is 2.82. The highest BCUT2D eigenvalue weighted by Crippen LogP contribution is 2.33. The molecule has 0 saturated heterocycles. The maximum Gasteiger partial charge on any atom is 0.123 e. The number of ether oxygens (including phenoxy) is 1. The van der Waals surface area contributed by atoms with Crippen molar-refractivity contribution < 1.29 is 4.74 Å². The zero-order valence-electron chi connectivity index (χ0n) is 10.3. The lowest BCUT2D eigenvalue weighted by molar-refractivity contribution is 0.259. The fourth-order valence-corrected chi connectivity index (χ4v) is 3.40. The molecule has 1 unspecified atom stereocenters. The number of nitrogen functional groups attached to an aromatic ring is 1. The van der Waals surface area contributed by atoms with E-state index in [9.17, 15) is 0 Å². The number of nitrogens with two attached hydrogens (primary N) is 1. The summed E-state index contributed by atoms with van der Waals surface area (Å²) in [7, 11) is 0. The van der Waals surface area contributed by atoms with Gasteiger partial charge in [-0.25, -0.2) is 0 Å². The first kappa shape index (κ1) is 12.7. The summed E-state index contributed by atoms with van der Waals surface area (Å²) in [5, 5.41) is 0.715. The highest BCUT2D eigenvalue weighted by atomic mass is 35.5. The van der Waals surface area contributed by atoms with Gasteiger partial charge in [-0.05, 0) is 29.8 Å². The fourth-order valence-electron chi connectivity index (χ4n) is 2.16. The Bertz CT molecular complexity index is 577. The highest BCUT2D eigenvalue weighted by Gasteiger charge is 2.22. The van der Waals surface area contributed by atoms with Crippen molar-refractivity contribution in [1.29, 1.82) is 0 Å². The maximum atomic E-state index is 5.99. The van der Waals surface area contributed by atoms with E-state index < -0.39 is 0 Å². The van der Waals surface area contributed by atoms with E-state index in [1.54, 1.807) is 11.8 Å². The number of fused-ring (bicyclic) bond motifs is 1. The van der Waals surface area contributed by atoms with Gasteiger partial charge >= 0.3 is 0 Å². The van der Waals surface area contributed by atoms with Gasteiger partial charge in [0.05, 0.1) is 0 Å². The zero-order valence-corrected chi connectivity index (χ0v) is 11.9. The van der Waals surface area contributed by atoms with Crippen LogP contribution in [0.5, 0.6) is 5.75 Å². The molecule has 0 bridgehead atoms. The minimum Gasteiger partial charge on any atom is -0.489 e. The number of thioether (sulfide) groups is 1. The Labute approximate surface area is 121 Å². The Kier molecular flexibility index (Phi) is 3.58. The van der Waals surface area contributed by atoms with Crippen LogP contribution in [0.3, 0.4) is 0 Å². The number of hydrogen-bond acceptors (Lipinski definition) is 3. The van der Waals surface area contributed by atoms with Crippen LogP contribution in [0.2, 0.25) is 5.02 Å². The topological polar surface area (TPSA) is 35.2 Å². The Morgan fingerprint density at radius 2 is 2.11 bits per heavy atom. The van der Waals surface area contributed by atoms with E-state index in [4.69, 9.17) is 22.1 Å². The largest absolute Gasteiger partial charge is 0.489 e. The van der Waals surface area contributed by atoms with Crippen LogP contribution in [0.4, 0.5) is 5.69 Å². The summed E-state index contributed by atoms with van der Waals surface area (Å²) in [6, 6.07) is 13.7. The molecule has 2 nitrogen and oxygen atoms in total. The quantitative estimate of drug-likeness (QED) is 0.685. The monoisotopic (exact) mass is 291 g/mol. The lowest BCUT2D eigenvalue weighted by Crippen LogP contribution is -2.15. The van der Waals surface area contributed by atoms with E-state index in [-0.39, 0.29) is 6.10 Å². The van der Waals surface area contributed by atoms with Crippen molar-refractivity contribution in [3.05, 3.63) is 53.1 Å². The van der Waals surface area contributed by atoms with Crippen molar-refractivity contribution in [1.82, 2.24) is 0 Å². The van der Waals surface area contributed by atoms with Crippen LogP contribution in [-0.4, -0.2) is 11.9 Å². The van der Waals surface area contributed by atoms with E-state index in [1.165, 1.54) is 5.56 Å². The third kappa shape index (κ3) is 2.82. The second kappa shape index (κ2) is 5.35. The van der Waals surface area contributed by atoms with Crippen molar-refractivity contribution in [2.75, 3.05) is 11.5 Å². The van der Waals surface area contributed by atoms with Crippen LogP contribution >= 0.6 is 23.4 Å². The van der Waals surface area contributed by atoms with Gasteiger partial charge in [-0.3, -0.25) is 0 Å². The van der Waals surface area contributed by atoms with Crippen LogP contribution < -0.4 is 10.5 Å². The minimum atomic E-state index is 0.209. The number of halogens is 1. The Hall–Kier alpha value is -1.32. The molecule has 0 spiro atoms. The predicted octanol–water partition coefficient (Wildman–Crippen LogP) is 4.02. The van der Waals surface area contributed by atoms with Crippen molar-refractivity contribution in [3.8, 4) is 5.75 Å². The normalized spacial score (nSPS) is 17.0. The number of hydrogen-bond donors (Lipinski definition) is 1. The van der Waals surface area contributed by atoms with Gasteiger partial charge in [-0.15, -0.1) is 11.8 Å². The molecule has 1 atom stereocenters. The van der Waals surface area contributed by atoms with Gasteiger partial charge in [0.15, 0.2) is 0 Å². The van der Waals surface area contributed by atoms with Crippen molar-refractivity contribution >= 4 is 29.1 Å². The Morgan fingerprint density at radius 3 is 2.95 bits per heavy atom. The second-order valence-corrected chi connectivity index (χ2v) is 6.04. The van der Waals surface area contributed by atoms with E-state index >= 15 is 0 Å². The van der Waals surface area contributed by atoms with Crippen LogP contribution in [0.1, 0.15) is 5.56 Å². The molecule has 19 heavy (non-hydrogen) atoms. The number of rotatable bonds is 3. The SMILES string of the molecule is Nc1ccc(Cl)cc1SCC1Cc2ccccc2O1. The van der Waals surface area contributed by atoms with Gasteiger partial charge in [-0.1, -0.05) is 29.8 Å². The van der Waals surface area contributed by atoms with Crippen LogP contribution in [0, 0.1) is 0 Å². The van der Waals surface area contributed by atoms with Gasteiger partial charge in [0.25, 0.3) is 0 Å². The number of para-hydroxylation sites is 1. The summed E-state index contributed by atoms with van der Waals surface area (Å²) in [5.74, 6) is 1.88. The third-order valence-corrected chi connectivity index (χ3v) is 4.55. The summed E-state index contributed by atoms with van der Waals surface area (Å²) >= 11 is 7.68. The first-order valence-electron chi connectivity index (χ1n) is 6.15. The van der Waals surface area contributed by atoms with Gasteiger partial charge < -0.3 is 10.5 Å². The third-order valence-electron chi connectivity index (χ3n) is 3.11. The first-order chi connectivity index (χ1) is 9.22. The molecule has 2 N–H and O–H groups in total. The van der Waals surface area contributed by atoms with Crippen LogP contribution in [0.25, 0.3) is 0 Å². The van der Waals surface area contributed by atoms with Crippen molar-refractivity contribution in [2.45, 2.75) is 17.4 Å². The molecule has 0 fully saturated rings. The van der Waals surface area contributed by atoms with Crippen LogP contribution in [0.15, 0.2) is 47.4 Å². The molecule has 98 valence electrons. The predicted molar refractivity (Wildman–Crippen MR) is 81.2 cm³/mol. The fraction of sp³-hybridized carbons (Fsp3) is 0.200. The molecule has 3 rings (SSSR count). The molecule has 0 radical (unpaired) electrons. The number of anilines is 1. The highest BCUT2D eigenvalue weighted by molar-refractivity contribution is 7.99. The molecule has 0 aliphatic carbocycles. The molecular formula is C15H14ClNOS. The van der Waals surface area contributed by atoms with E-state index in [2.05, 4.69) is 6.07 Å². The maximum absolute atomic E-state index is 5.99. The molecule has 1 heterocycles.